The Balaban J connectivity index is 0.000000149. The van der Waals surface area contributed by atoms with Crippen LogP contribution in [0.15, 0.2) is 194 Å². The van der Waals surface area contributed by atoms with Gasteiger partial charge in [0.1, 0.15) is 29.1 Å². The number of nitrogens with one attached hydrogen (secondary N) is 6. The highest BCUT2D eigenvalue weighted by Gasteiger charge is 2.15. The summed E-state index contributed by atoms with van der Waals surface area (Å²) in [5.41, 5.74) is 16.4. The fourth-order valence-corrected chi connectivity index (χ4v) is 11.4. The maximum atomic E-state index is 13.3. The standard InChI is InChI=1S/C24H24N4O2S.C23H21N3O2S.C22H17F2N3O2S/c1-28(2)19-12-8-17(9-13-19)10-15-24-25-22-14-11-18(16-23(22)26-24)20-6-4-5-7-21(20)27-31(3,29)30;1-16-7-9-17(10-8-16)11-14-23-24-21-13-12-18(15-22(21)25-23)19-5-3-4-6-20(19)26-29(2,27)28;1-30(28,29)27-19-5-3-2-4-18(19)15-7-8-20-21(12-15)26-22(25-20)9-6-14-10-16(23)13-17(24)11-14/h4-16,27H,1-3H3,(H,25,26);3-15,26H,1-2H3,(H,24,25);2-13,27H,1H3,(H,25,26)/b15-10+;14-11+;9-6+. The van der Waals surface area contributed by atoms with Crippen molar-refractivity contribution in [2.45, 2.75) is 6.92 Å². The quantitative estimate of drug-likeness (QED) is 0.0536. The van der Waals surface area contributed by atoms with Crippen LogP contribution in [0, 0.1) is 18.6 Å². The number of aromatic amines is 3. The molecule has 0 amide bonds. The summed E-state index contributed by atoms with van der Waals surface area (Å²) in [6.07, 6.45) is 14.5. The predicted molar refractivity (Wildman–Crippen MR) is 365 cm³/mol. The average molecular weight is 1260 g/mol. The second kappa shape index (κ2) is 26.9. The summed E-state index contributed by atoms with van der Waals surface area (Å²) in [6, 6.07) is 58.9. The Morgan fingerprint density at radius 3 is 1.04 bits per heavy atom. The third kappa shape index (κ3) is 17.0. The minimum absolute atomic E-state index is 0.384. The number of anilines is 4. The molecule has 21 heteroatoms. The first-order valence-corrected chi connectivity index (χ1v) is 33.7. The minimum atomic E-state index is -3.42. The van der Waals surface area contributed by atoms with E-state index in [9.17, 15) is 34.0 Å². The highest BCUT2D eigenvalue weighted by atomic mass is 32.2. The first-order valence-electron chi connectivity index (χ1n) is 28.0. The van der Waals surface area contributed by atoms with E-state index in [2.05, 4.69) is 104 Å². The molecule has 0 unspecified atom stereocenters. The Morgan fingerprint density at radius 2 is 0.711 bits per heavy atom. The molecule has 0 saturated heterocycles. The SMILES string of the molecule is CN(C)c1ccc(/C=C/c2nc3ccc(-c4ccccc4NS(C)(=O)=O)cc3[nH]2)cc1.CS(=O)(=O)Nc1ccccc1-c1ccc2nc(/C=C/c3cc(F)cc(F)c3)[nH]c2c1.Cc1ccc(/C=C/c2nc3ccc(-c4ccccc4NS(C)(=O)=O)cc3[nH]2)cc1. The summed E-state index contributed by atoms with van der Waals surface area (Å²) < 4.78 is 104. The number of halogens is 2. The van der Waals surface area contributed by atoms with E-state index in [-0.39, 0.29) is 0 Å². The number of hydrogen-bond donors (Lipinski definition) is 6. The number of hydrogen-bond acceptors (Lipinski definition) is 10. The van der Waals surface area contributed by atoms with Gasteiger partial charge < -0.3 is 19.9 Å². The fraction of sp³-hybridized carbons (Fsp3) is 0.0870. The van der Waals surface area contributed by atoms with Crippen LogP contribution >= 0.6 is 0 Å². The number of nitrogens with zero attached hydrogens (tertiary/aromatic N) is 4. The number of para-hydroxylation sites is 3. The van der Waals surface area contributed by atoms with Crippen LogP contribution < -0.4 is 19.1 Å². The van der Waals surface area contributed by atoms with E-state index in [4.69, 9.17) is 0 Å². The van der Waals surface area contributed by atoms with Gasteiger partial charge in [-0.3, -0.25) is 14.2 Å². The van der Waals surface area contributed by atoms with E-state index in [1.54, 1.807) is 48.6 Å². The van der Waals surface area contributed by atoms with Crippen molar-refractivity contribution >= 4 is 122 Å². The van der Waals surface area contributed by atoms with Crippen molar-refractivity contribution in [1.29, 1.82) is 0 Å². The molecule has 3 heterocycles. The molecule has 0 spiro atoms. The molecule has 0 atom stereocenters. The van der Waals surface area contributed by atoms with Gasteiger partial charge in [0.15, 0.2) is 0 Å². The van der Waals surface area contributed by atoms with E-state index in [1.807, 2.05) is 129 Å². The highest BCUT2D eigenvalue weighted by molar-refractivity contribution is 7.92. The van der Waals surface area contributed by atoms with Crippen molar-refractivity contribution in [3.8, 4) is 33.4 Å². The van der Waals surface area contributed by atoms with E-state index in [1.165, 1.54) is 17.7 Å². The predicted octanol–water partition coefficient (Wildman–Crippen LogP) is 15.0. The largest absolute Gasteiger partial charge is 0.378 e. The molecule has 456 valence electrons. The first kappa shape index (κ1) is 62.6. The van der Waals surface area contributed by atoms with Gasteiger partial charge in [-0.05, 0) is 137 Å². The third-order valence-electron chi connectivity index (χ3n) is 13.8. The summed E-state index contributed by atoms with van der Waals surface area (Å²) >= 11 is 0. The van der Waals surface area contributed by atoms with Crippen molar-refractivity contribution in [3.05, 3.63) is 245 Å². The molecule has 16 nitrogen and oxygen atoms in total. The van der Waals surface area contributed by atoms with E-state index in [0.29, 0.717) is 34.0 Å². The Morgan fingerprint density at radius 1 is 0.389 bits per heavy atom. The van der Waals surface area contributed by atoms with Crippen LogP contribution in [-0.4, -0.2) is 88.0 Å². The zero-order chi connectivity index (χ0) is 63.7. The Labute approximate surface area is 521 Å². The van der Waals surface area contributed by atoms with Crippen LogP contribution in [0.4, 0.5) is 31.5 Å². The molecule has 0 radical (unpaired) electrons. The van der Waals surface area contributed by atoms with Gasteiger partial charge in [-0.2, -0.15) is 0 Å². The third-order valence-corrected chi connectivity index (χ3v) is 15.5. The van der Waals surface area contributed by atoms with Crippen LogP contribution in [0.1, 0.15) is 39.7 Å². The van der Waals surface area contributed by atoms with Gasteiger partial charge >= 0.3 is 0 Å². The Bertz CT molecular complexity index is 5020. The number of aryl methyl sites for hydroxylation is 1. The maximum absolute atomic E-state index is 13.3. The van der Waals surface area contributed by atoms with Gasteiger partial charge in [0.25, 0.3) is 0 Å². The van der Waals surface area contributed by atoms with E-state index in [0.717, 1.165) is 114 Å². The van der Waals surface area contributed by atoms with Crippen LogP contribution in [0.25, 0.3) is 103 Å². The number of benzene rings is 9. The molecule has 12 aromatic rings. The van der Waals surface area contributed by atoms with Gasteiger partial charge in [0, 0.05) is 42.5 Å². The zero-order valence-electron chi connectivity index (χ0n) is 49.7. The molecule has 6 N–H and O–H groups in total. The maximum Gasteiger partial charge on any atom is 0.229 e. The Kier molecular flexibility index (Phi) is 18.7. The number of fused-ring (bicyclic) bond motifs is 3. The number of sulfonamides is 3. The lowest BCUT2D eigenvalue weighted by molar-refractivity contribution is 0.582. The minimum Gasteiger partial charge on any atom is -0.378 e. The molecule has 0 fully saturated rings. The van der Waals surface area contributed by atoms with Crippen LogP contribution in [0.3, 0.4) is 0 Å². The molecular weight excluding hydrogens is 1200 g/mol. The summed E-state index contributed by atoms with van der Waals surface area (Å²) in [5.74, 6) is 0.747. The van der Waals surface area contributed by atoms with Crippen molar-refractivity contribution in [2.75, 3.05) is 51.9 Å². The number of aromatic nitrogens is 6. The summed E-state index contributed by atoms with van der Waals surface area (Å²) in [4.78, 5) is 25.5. The summed E-state index contributed by atoms with van der Waals surface area (Å²) in [5, 5.41) is 0. The van der Waals surface area contributed by atoms with Crippen LogP contribution in [-0.2, 0) is 30.1 Å². The molecular formula is C69H62F2N10O6S3. The van der Waals surface area contributed by atoms with Crippen molar-refractivity contribution in [3.63, 3.8) is 0 Å². The van der Waals surface area contributed by atoms with Crippen molar-refractivity contribution in [2.24, 2.45) is 0 Å². The molecule has 9 aromatic carbocycles. The van der Waals surface area contributed by atoms with Crippen LogP contribution in [0.5, 0.6) is 0 Å². The topological polar surface area (TPSA) is 228 Å². The van der Waals surface area contributed by atoms with Crippen molar-refractivity contribution < 1.29 is 34.0 Å². The van der Waals surface area contributed by atoms with Gasteiger partial charge in [0.05, 0.1) is 68.9 Å². The molecule has 0 aliphatic rings. The van der Waals surface area contributed by atoms with Crippen molar-refractivity contribution in [1.82, 2.24) is 29.9 Å². The lowest BCUT2D eigenvalue weighted by atomic mass is 10.0. The lowest BCUT2D eigenvalue weighted by Gasteiger charge is -2.11. The molecule has 90 heavy (non-hydrogen) atoms. The number of H-pyrrole nitrogens is 3. The van der Waals surface area contributed by atoms with Gasteiger partial charge in [0.2, 0.25) is 30.1 Å². The molecule has 3 aromatic heterocycles. The monoisotopic (exact) mass is 1260 g/mol. The van der Waals surface area contributed by atoms with Gasteiger partial charge in [-0.25, -0.2) is 49.0 Å². The normalized spacial score (nSPS) is 11.9. The second-order valence-electron chi connectivity index (χ2n) is 21.4. The zero-order valence-corrected chi connectivity index (χ0v) is 52.1. The molecule has 0 saturated carbocycles. The van der Waals surface area contributed by atoms with E-state index >= 15 is 0 Å². The highest BCUT2D eigenvalue weighted by Crippen LogP contribution is 2.34. The Hall–Kier alpha value is -10.5. The molecule has 0 bridgehead atoms. The summed E-state index contributed by atoms with van der Waals surface area (Å²) in [6.45, 7) is 2.06. The van der Waals surface area contributed by atoms with Crippen LogP contribution in [0.2, 0.25) is 0 Å². The number of imidazole rings is 3. The fourth-order valence-electron chi connectivity index (χ4n) is 9.66. The molecule has 0 aliphatic heterocycles. The van der Waals surface area contributed by atoms with E-state index < -0.39 is 41.7 Å². The van der Waals surface area contributed by atoms with Gasteiger partial charge in [-0.15, -0.1) is 0 Å². The second-order valence-corrected chi connectivity index (χ2v) is 26.7. The molecule has 0 aliphatic carbocycles. The smallest absolute Gasteiger partial charge is 0.229 e. The number of rotatable bonds is 16. The summed E-state index contributed by atoms with van der Waals surface area (Å²) in [7, 11) is -6.12. The lowest BCUT2D eigenvalue weighted by Crippen LogP contribution is -2.10. The molecule has 12 rings (SSSR count). The van der Waals surface area contributed by atoms with Gasteiger partial charge in [-0.1, -0.05) is 133 Å². The first-order chi connectivity index (χ1) is 42.9. The average Bonchev–Trinajstić information content (AvgIpc) is 1.60.